The first-order valence-corrected chi connectivity index (χ1v) is 17.8. The first-order chi connectivity index (χ1) is 25.0. The molecular weight excluding hydrogens is 697 g/mol. The van der Waals surface area contributed by atoms with E-state index in [1.807, 2.05) is 37.3 Å². The van der Waals surface area contributed by atoms with Crippen LogP contribution in [-0.2, 0) is 14.3 Å². The Bertz CT molecular complexity index is 2150. The van der Waals surface area contributed by atoms with E-state index in [1.54, 1.807) is 98.8 Å². The molecule has 1 aromatic heterocycles. The standard InChI is InChI=1S/C40H36N4O6S2/c1-24-14-11-12-17-28(24)22-32(43-36(46)27-15-7-5-8-16-27)37(47)42-30-20-13-21-31(23-30)51-26(3)35(45)44-39-33(40(49)50-4)25(2)34(52-39)38(48)41-29-18-9-6-10-19-29/h5-23,26H,1-4H3,(H,41,48)(H,42,47)(H,43,46)(H,44,45)/b32-22-. The molecule has 4 N–H and O–H groups in total. The molecule has 1 heterocycles. The van der Waals surface area contributed by atoms with Gasteiger partial charge in [0, 0.05) is 21.8 Å². The molecule has 1 unspecified atom stereocenters. The highest BCUT2D eigenvalue weighted by Crippen LogP contribution is 2.35. The fraction of sp³-hybridized carbons (Fsp3) is 0.125. The SMILES string of the molecule is COC(=O)c1c(NC(=O)C(C)Sc2cccc(NC(=O)/C(=C/c3ccccc3C)NC(=O)c3ccccc3)c2)sc(C(=O)Nc2ccccc2)c1C. The van der Waals surface area contributed by atoms with Crippen molar-refractivity contribution in [3.05, 3.63) is 148 Å². The van der Waals surface area contributed by atoms with Gasteiger partial charge in [-0.05, 0) is 86.0 Å². The van der Waals surface area contributed by atoms with Crippen molar-refractivity contribution in [2.75, 3.05) is 23.1 Å². The van der Waals surface area contributed by atoms with Gasteiger partial charge >= 0.3 is 5.97 Å². The summed E-state index contributed by atoms with van der Waals surface area (Å²) >= 11 is 2.22. The van der Waals surface area contributed by atoms with E-state index in [1.165, 1.54) is 18.9 Å². The molecule has 0 aliphatic heterocycles. The maximum Gasteiger partial charge on any atom is 0.341 e. The van der Waals surface area contributed by atoms with E-state index in [0.29, 0.717) is 27.4 Å². The average molecular weight is 733 g/mol. The van der Waals surface area contributed by atoms with Crippen LogP contribution in [0.4, 0.5) is 16.4 Å². The molecule has 5 rings (SSSR count). The van der Waals surface area contributed by atoms with Gasteiger partial charge in [0.15, 0.2) is 0 Å². The average Bonchev–Trinajstić information content (AvgIpc) is 3.47. The molecule has 10 nitrogen and oxygen atoms in total. The number of para-hydroxylation sites is 1. The van der Waals surface area contributed by atoms with Crippen LogP contribution in [0.15, 0.2) is 120 Å². The van der Waals surface area contributed by atoms with Crippen LogP contribution < -0.4 is 21.3 Å². The lowest BCUT2D eigenvalue weighted by Gasteiger charge is -2.14. The first-order valence-electron chi connectivity index (χ1n) is 16.1. The lowest BCUT2D eigenvalue weighted by Crippen LogP contribution is -2.30. The van der Waals surface area contributed by atoms with Gasteiger partial charge in [0.05, 0.1) is 22.8 Å². The minimum atomic E-state index is -0.678. The van der Waals surface area contributed by atoms with E-state index in [4.69, 9.17) is 4.74 Å². The third-order valence-electron chi connectivity index (χ3n) is 7.80. The van der Waals surface area contributed by atoms with Gasteiger partial charge in [0.2, 0.25) is 5.91 Å². The van der Waals surface area contributed by atoms with Crippen molar-refractivity contribution < 1.29 is 28.7 Å². The monoisotopic (exact) mass is 732 g/mol. The number of methoxy groups -OCH3 is 1. The zero-order valence-corrected chi connectivity index (χ0v) is 30.4. The minimum Gasteiger partial charge on any atom is -0.465 e. The van der Waals surface area contributed by atoms with Crippen molar-refractivity contribution >= 4 is 75.1 Å². The van der Waals surface area contributed by atoms with Crippen molar-refractivity contribution in [2.45, 2.75) is 30.9 Å². The number of rotatable bonds is 12. The fourth-order valence-corrected chi connectivity index (χ4v) is 7.06. The third-order valence-corrected chi connectivity index (χ3v) is 10.1. The Hall–Kier alpha value is -5.98. The van der Waals surface area contributed by atoms with Crippen molar-refractivity contribution in [3.63, 3.8) is 0 Å². The topological polar surface area (TPSA) is 143 Å². The summed E-state index contributed by atoms with van der Waals surface area (Å²) in [7, 11) is 1.23. The van der Waals surface area contributed by atoms with Crippen LogP contribution in [0.5, 0.6) is 0 Å². The molecule has 0 bridgehead atoms. The zero-order valence-electron chi connectivity index (χ0n) is 28.8. The Balaban J connectivity index is 1.30. The molecule has 4 aromatic carbocycles. The number of amides is 4. The number of ether oxygens (including phenoxy) is 1. The highest BCUT2D eigenvalue weighted by molar-refractivity contribution is 8.00. The lowest BCUT2D eigenvalue weighted by molar-refractivity contribution is -0.115. The predicted octanol–water partition coefficient (Wildman–Crippen LogP) is 7.93. The van der Waals surface area contributed by atoms with Crippen molar-refractivity contribution in [1.82, 2.24) is 5.32 Å². The molecule has 1 atom stereocenters. The van der Waals surface area contributed by atoms with E-state index >= 15 is 0 Å². The molecule has 5 aromatic rings. The Morgan fingerprint density at radius 1 is 0.750 bits per heavy atom. The zero-order chi connectivity index (χ0) is 37.2. The van der Waals surface area contributed by atoms with Crippen LogP contribution in [0, 0.1) is 13.8 Å². The van der Waals surface area contributed by atoms with Gasteiger partial charge in [-0.15, -0.1) is 23.1 Å². The molecule has 0 spiro atoms. The maximum absolute atomic E-state index is 13.6. The molecule has 4 amide bonds. The summed E-state index contributed by atoms with van der Waals surface area (Å²) in [5.41, 5.74) is 3.68. The summed E-state index contributed by atoms with van der Waals surface area (Å²) in [5, 5.41) is 10.8. The van der Waals surface area contributed by atoms with Crippen molar-refractivity contribution in [3.8, 4) is 0 Å². The van der Waals surface area contributed by atoms with Crippen molar-refractivity contribution in [2.24, 2.45) is 0 Å². The minimum absolute atomic E-state index is 0.0541. The van der Waals surface area contributed by atoms with Gasteiger partial charge in [-0.3, -0.25) is 19.2 Å². The molecule has 0 fully saturated rings. The van der Waals surface area contributed by atoms with Crippen LogP contribution in [0.3, 0.4) is 0 Å². The van der Waals surface area contributed by atoms with E-state index in [-0.39, 0.29) is 21.1 Å². The molecule has 264 valence electrons. The van der Waals surface area contributed by atoms with Gasteiger partial charge in [-0.1, -0.05) is 66.7 Å². The van der Waals surface area contributed by atoms with E-state index in [9.17, 15) is 24.0 Å². The van der Waals surface area contributed by atoms with E-state index in [2.05, 4.69) is 21.3 Å². The Morgan fingerprint density at radius 3 is 2.10 bits per heavy atom. The number of benzene rings is 4. The van der Waals surface area contributed by atoms with Gasteiger partial charge in [0.1, 0.15) is 10.7 Å². The smallest absolute Gasteiger partial charge is 0.341 e. The maximum atomic E-state index is 13.6. The number of thioether (sulfide) groups is 1. The van der Waals surface area contributed by atoms with Crippen LogP contribution in [0.1, 0.15) is 54.0 Å². The summed E-state index contributed by atoms with van der Waals surface area (Å²) in [6.45, 7) is 5.25. The number of nitrogens with one attached hydrogen (secondary N) is 4. The number of thiophene rings is 1. The van der Waals surface area contributed by atoms with E-state index < -0.39 is 34.8 Å². The highest BCUT2D eigenvalue weighted by Gasteiger charge is 2.28. The second kappa shape index (κ2) is 17.3. The van der Waals surface area contributed by atoms with Crippen molar-refractivity contribution in [1.29, 1.82) is 0 Å². The number of hydrogen-bond acceptors (Lipinski definition) is 8. The van der Waals surface area contributed by atoms with Crippen LogP contribution >= 0.6 is 23.1 Å². The third kappa shape index (κ3) is 9.42. The predicted molar refractivity (Wildman–Crippen MR) is 207 cm³/mol. The highest BCUT2D eigenvalue weighted by atomic mass is 32.2. The second-order valence-corrected chi connectivity index (χ2v) is 14.0. The Kier molecular flexibility index (Phi) is 12.4. The largest absolute Gasteiger partial charge is 0.465 e. The summed E-state index contributed by atoms with van der Waals surface area (Å²) in [6, 6.07) is 32.0. The molecule has 0 saturated heterocycles. The molecule has 0 saturated carbocycles. The summed E-state index contributed by atoms with van der Waals surface area (Å²) < 4.78 is 4.97. The van der Waals surface area contributed by atoms with Crippen LogP contribution in [0.2, 0.25) is 0 Å². The number of carbonyl (C=O) groups excluding carboxylic acids is 5. The Labute approximate surface area is 309 Å². The number of hydrogen-bond donors (Lipinski definition) is 4. The molecule has 0 aliphatic carbocycles. The molecule has 12 heteroatoms. The number of carbonyl (C=O) groups is 5. The molecule has 0 aliphatic rings. The Morgan fingerprint density at radius 2 is 1.40 bits per heavy atom. The number of anilines is 3. The normalized spacial score (nSPS) is 11.6. The summed E-state index contributed by atoms with van der Waals surface area (Å²) in [5.74, 6) is -2.47. The van der Waals surface area contributed by atoms with E-state index in [0.717, 1.165) is 22.5 Å². The summed E-state index contributed by atoms with van der Waals surface area (Å²) in [4.78, 5) is 66.9. The fourth-order valence-electron chi connectivity index (χ4n) is 5.04. The number of esters is 1. The van der Waals surface area contributed by atoms with Crippen LogP contribution in [0.25, 0.3) is 6.08 Å². The van der Waals surface area contributed by atoms with Crippen LogP contribution in [-0.4, -0.2) is 42.0 Å². The first kappa shape index (κ1) is 37.3. The summed E-state index contributed by atoms with van der Waals surface area (Å²) in [6.07, 6.45) is 1.63. The van der Waals surface area contributed by atoms with Gasteiger partial charge in [0.25, 0.3) is 17.7 Å². The lowest BCUT2D eigenvalue weighted by atomic mass is 10.1. The molecular formula is C40H36N4O6S2. The molecule has 52 heavy (non-hydrogen) atoms. The quantitative estimate of drug-likeness (QED) is 0.0580. The second-order valence-electron chi connectivity index (χ2n) is 11.5. The molecule has 0 radical (unpaired) electrons. The van der Waals surface area contributed by atoms with Gasteiger partial charge < -0.3 is 26.0 Å². The van der Waals surface area contributed by atoms with Gasteiger partial charge in [-0.2, -0.15) is 0 Å². The van der Waals surface area contributed by atoms with Gasteiger partial charge in [-0.25, -0.2) is 4.79 Å². The number of aryl methyl sites for hydroxylation is 1.